The standard InChI is InChI=1S/C27H25N3O2S/c1-19-28-24-18-29(25(31)17-22-13-8-16-33-22)15-14-23(24)27(32)30(19)26(20-9-4-2-5-10-20)21-11-6-3-7-12-21/h2-13,16,26H,14-15,17-18H2,1H3. The molecule has 0 N–H and O–H groups in total. The zero-order valence-electron chi connectivity index (χ0n) is 18.5. The van der Waals surface area contributed by atoms with E-state index in [2.05, 4.69) is 0 Å². The van der Waals surface area contributed by atoms with E-state index in [9.17, 15) is 9.59 Å². The van der Waals surface area contributed by atoms with E-state index in [0.717, 1.165) is 27.3 Å². The van der Waals surface area contributed by atoms with Gasteiger partial charge in [-0.15, -0.1) is 11.3 Å². The maximum atomic E-state index is 13.8. The van der Waals surface area contributed by atoms with E-state index in [1.807, 2.05) is 94.6 Å². The third-order valence-corrected chi connectivity index (χ3v) is 7.07. The summed E-state index contributed by atoms with van der Waals surface area (Å²) in [5.41, 5.74) is 3.51. The zero-order valence-corrected chi connectivity index (χ0v) is 19.3. The summed E-state index contributed by atoms with van der Waals surface area (Å²) in [5, 5.41) is 1.98. The van der Waals surface area contributed by atoms with Crippen molar-refractivity contribution in [3.63, 3.8) is 0 Å². The van der Waals surface area contributed by atoms with Gasteiger partial charge >= 0.3 is 0 Å². The summed E-state index contributed by atoms with van der Waals surface area (Å²) < 4.78 is 1.81. The minimum absolute atomic E-state index is 0.0134. The van der Waals surface area contributed by atoms with Crippen molar-refractivity contribution in [1.29, 1.82) is 0 Å². The van der Waals surface area contributed by atoms with Gasteiger partial charge in [0.05, 0.1) is 24.7 Å². The fraction of sp³-hybridized carbons (Fsp3) is 0.222. The van der Waals surface area contributed by atoms with Gasteiger partial charge in [-0.2, -0.15) is 0 Å². The molecule has 0 saturated heterocycles. The number of carbonyl (C=O) groups is 1. The first-order valence-corrected chi connectivity index (χ1v) is 12.0. The predicted molar refractivity (Wildman–Crippen MR) is 131 cm³/mol. The Hall–Kier alpha value is -3.51. The van der Waals surface area contributed by atoms with Gasteiger partial charge in [-0.05, 0) is 35.9 Å². The van der Waals surface area contributed by atoms with Crippen molar-refractivity contribution in [3.8, 4) is 0 Å². The number of carbonyl (C=O) groups excluding carboxylic acids is 1. The van der Waals surface area contributed by atoms with Crippen LogP contribution in [-0.2, 0) is 24.2 Å². The van der Waals surface area contributed by atoms with Crippen LogP contribution in [0.15, 0.2) is 83.0 Å². The lowest BCUT2D eigenvalue weighted by Gasteiger charge is -2.30. The summed E-state index contributed by atoms with van der Waals surface area (Å²) in [7, 11) is 0. The van der Waals surface area contributed by atoms with E-state index < -0.39 is 0 Å². The van der Waals surface area contributed by atoms with Crippen LogP contribution in [-0.4, -0.2) is 26.9 Å². The lowest BCUT2D eigenvalue weighted by molar-refractivity contribution is -0.131. The van der Waals surface area contributed by atoms with Crippen LogP contribution in [0.1, 0.15) is 39.1 Å². The molecule has 3 heterocycles. The topological polar surface area (TPSA) is 55.2 Å². The molecule has 0 spiro atoms. The molecule has 2 aromatic heterocycles. The Morgan fingerprint density at radius 1 is 1.00 bits per heavy atom. The second kappa shape index (κ2) is 9.16. The highest BCUT2D eigenvalue weighted by Gasteiger charge is 2.28. The van der Waals surface area contributed by atoms with E-state index >= 15 is 0 Å². The largest absolute Gasteiger partial charge is 0.336 e. The predicted octanol–water partition coefficient (Wildman–Crippen LogP) is 4.38. The van der Waals surface area contributed by atoms with Gasteiger partial charge in [0.15, 0.2) is 0 Å². The number of amides is 1. The van der Waals surface area contributed by atoms with Crippen LogP contribution < -0.4 is 5.56 Å². The molecule has 6 heteroatoms. The van der Waals surface area contributed by atoms with Crippen molar-refractivity contribution in [2.75, 3.05) is 6.54 Å². The molecule has 5 nitrogen and oxygen atoms in total. The first kappa shape index (κ1) is 21.3. The lowest BCUT2D eigenvalue weighted by Crippen LogP contribution is -2.42. The lowest BCUT2D eigenvalue weighted by atomic mass is 9.97. The third-order valence-electron chi connectivity index (χ3n) is 6.19. The van der Waals surface area contributed by atoms with Crippen LogP contribution in [0.3, 0.4) is 0 Å². The number of thiophene rings is 1. The highest BCUT2D eigenvalue weighted by atomic mass is 32.1. The molecule has 0 bridgehead atoms. The van der Waals surface area contributed by atoms with Gasteiger partial charge in [0.2, 0.25) is 5.91 Å². The highest BCUT2D eigenvalue weighted by Crippen LogP contribution is 2.27. The number of nitrogens with zero attached hydrogens (tertiary/aromatic N) is 3. The molecular weight excluding hydrogens is 430 g/mol. The van der Waals surface area contributed by atoms with Crippen molar-refractivity contribution in [3.05, 3.63) is 122 Å². The molecule has 0 unspecified atom stereocenters. The molecule has 0 aliphatic carbocycles. The quantitative estimate of drug-likeness (QED) is 0.449. The van der Waals surface area contributed by atoms with Gasteiger partial charge in [-0.25, -0.2) is 4.98 Å². The second-order valence-corrected chi connectivity index (χ2v) is 9.34. The van der Waals surface area contributed by atoms with E-state index in [1.54, 1.807) is 11.3 Å². The average Bonchev–Trinajstić information content (AvgIpc) is 3.35. The molecule has 4 aromatic rings. The van der Waals surface area contributed by atoms with Crippen LogP contribution in [0.5, 0.6) is 0 Å². The summed E-state index contributed by atoms with van der Waals surface area (Å²) in [6.07, 6.45) is 0.918. The van der Waals surface area contributed by atoms with Crippen molar-refractivity contribution < 1.29 is 4.79 Å². The van der Waals surface area contributed by atoms with Gasteiger partial charge in [-0.1, -0.05) is 66.7 Å². The molecule has 2 aromatic carbocycles. The first-order valence-electron chi connectivity index (χ1n) is 11.1. The summed E-state index contributed by atoms with van der Waals surface area (Å²) in [6.45, 7) is 2.81. The molecule has 0 saturated carbocycles. The summed E-state index contributed by atoms with van der Waals surface area (Å²) in [6, 6.07) is 23.8. The van der Waals surface area contributed by atoms with Crippen LogP contribution in [0.2, 0.25) is 0 Å². The monoisotopic (exact) mass is 455 g/mol. The Morgan fingerprint density at radius 3 is 2.27 bits per heavy atom. The van der Waals surface area contributed by atoms with E-state index in [1.165, 1.54) is 0 Å². The summed E-state index contributed by atoms with van der Waals surface area (Å²) >= 11 is 1.59. The van der Waals surface area contributed by atoms with Crippen molar-refractivity contribution in [2.24, 2.45) is 0 Å². The normalized spacial score (nSPS) is 13.2. The van der Waals surface area contributed by atoms with Crippen molar-refractivity contribution in [1.82, 2.24) is 14.5 Å². The second-order valence-electron chi connectivity index (χ2n) is 8.30. The summed E-state index contributed by atoms with van der Waals surface area (Å²) in [5.74, 6) is 0.738. The molecule has 1 amide bonds. The number of hydrogen-bond donors (Lipinski definition) is 0. The molecule has 0 fully saturated rings. The smallest absolute Gasteiger partial charge is 0.257 e. The van der Waals surface area contributed by atoms with Gasteiger partial charge < -0.3 is 4.90 Å². The number of hydrogen-bond acceptors (Lipinski definition) is 4. The molecule has 1 aliphatic heterocycles. The summed E-state index contributed by atoms with van der Waals surface area (Å²) in [4.78, 5) is 34.3. The van der Waals surface area contributed by atoms with Crippen LogP contribution in [0.25, 0.3) is 0 Å². The minimum atomic E-state index is -0.254. The number of aryl methyl sites for hydroxylation is 1. The Morgan fingerprint density at radius 2 is 1.67 bits per heavy atom. The van der Waals surface area contributed by atoms with Gasteiger partial charge in [0.1, 0.15) is 5.82 Å². The van der Waals surface area contributed by atoms with Crippen LogP contribution >= 0.6 is 11.3 Å². The fourth-order valence-corrected chi connectivity index (χ4v) is 5.27. The van der Waals surface area contributed by atoms with Gasteiger partial charge in [-0.3, -0.25) is 14.2 Å². The van der Waals surface area contributed by atoms with Crippen molar-refractivity contribution >= 4 is 17.2 Å². The van der Waals surface area contributed by atoms with Crippen molar-refractivity contribution in [2.45, 2.75) is 32.4 Å². The maximum absolute atomic E-state index is 13.8. The Bertz CT molecular complexity index is 1280. The van der Waals surface area contributed by atoms with E-state index in [0.29, 0.717) is 31.8 Å². The van der Waals surface area contributed by atoms with E-state index in [4.69, 9.17) is 4.98 Å². The van der Waals surface area contributed by atoms with Gasteiger partial charge in [0.25, 0.3) is 5.56 Å². The van der Waals surface area contributed by atoms with Crippen LogP contribution in [0, 0.1) is 6.92 Å². The molecule has 5 rings (SSSR count). The number of rotatable bonds is 5. The molecule has 0 radical (unpaired) electrons. The van der Waals surface area contributed by atoms with Crippen LogP contribution in [0.4, 0.5) is 0 Å². The SMILES string of the molecule is Cc1nc2c(c(=O)n1C(c1ccccc1)c1ccccc1)CCN(C(=O)Cc1cccs1)C2. The molecular formula is C27H25N3O2S. The Balaban J connectivity index is 1.52. The average molecular weight is 456 g/mol. The molecule has 166 valence electrons. The Labute approximate surface area is 197 Å². The van der Waals surface area contributed by atoms with E-state index in [-0.39, 0.29) is 17.5 Å². The number of fused-ring (bicyclic) bond motifs is 1. The molecule has 33 heavy (non-hydrogen) atoms. The first-order chi connectivity index (χ1) is 16.1. The third kappa shape index (κ3) is 4.26. The number of aromatic nitrogens is 2. The zero-order chi connectivity index (χ0) is 22.8. The highest BCUT2D eigenvalue weighted by molar-refractivity contribution is 7.10. The number of benzene rings is 2. The maximum Gasteiger partial charge on any atom is 0.257 e. The molecule has 1 aliphatic rings. The minimum Gasteiger partial charge on any atom is -0.336 e. The Kier molecular flexibility index (Phi) is 5.92. The fourth-order valence-electron chi connectivity index (χ4n) is 4.57. The molecule has 0 atom stereocenters. The van der Waals surface area contributed by atoms with Gasteiger partial charge in [0, 0.05) is 17.0 Å².